The summed E-state index contributed by atoms with van der Waals surface area (Å²) in [4.78, 5) is 14.8. The van der Waals surface area contributed by atoms with E-state index < -0.39 is 17.7 Å². The molecule has 6 heteroatoms. The predicted octanol–water partition coefficient (Wildman–Crippen LogP) is 3.47. The van der Waals surface area contributed by atoms with Crippen LogP contribution in [0.25, 0.3) is 11.3 Å². The Hall–Kier alpha value is -2.37. The van der Waals surface area contributed by atoms with Gasteiger partial charge in [-0.25, -0.2) is 4.79 Å². The van der Waals surface area contributed by atoms with Gasteiger partial charge in [0.05, 0.1) is 16.8 Å². The van der Waals surface area contributed by atoms with Crippen LogP contribution < -0.4 is 0 Å². The first kappa shape index (κ1) is 13.1. The van der Waals surface area contributed by atoms with Crippen LogP contribution in [0.3, 0.4) is 0 Å². The second-order valence-corrected chi connectivity index (χ2v) is 3.75. The molecule has 98 valence electrons. The van der Waals surface area contributed by atoms with E-state index in [1.807, 2.05) is 0 Å². The Balaban J connectivity index is 2.70. The summed E-state index contributed by atoms with van der Waals surface area (Å²) in [6, 6.07) is 7.34. The number of nitrogens with zero attached hydrogens (tertiary/aromatic N) is 1. The SMILES string of the molecule is O=C(O)c1cccnc1-c1ccccc1C(F)(F)F. The molecule has 0 unspecified atom stereocenters. The monoisotopic (exact) mass is 267 g/mol. The molecule has 1 aromatic carbocycles. The third-order valence-electron chi connectivity index (χ3n) is 2.53. The van der Waals surface area contributed by atoms with Gasteiger partial charge in [-0.15, -0.1) is 0 Å². The van der Waals surface area contributed by atoms with E-state index in [0.717, 1.165) is 6.07 Å². The van der Waals surface area contributed by atoms with Gasteiger partial charge in [-0.05, 0) is 18.2 Å². The molecule has 2 rings (SSSR count). The highest BCUT2D eigenvalue weighted by Crippen LogP contribution is 2.37. The van der Waals surface area contributed by atoms with Crippen molar-refractivity contribution < 1.29 is 23.1 Å². The van der Waals surface area contributed by atoms with Gasteiger partial charge < -0.3 is 5.11 Å². The molecule has 0 saturated carbocycles. The zero-order chi connectivity index (χ0) is 14.0. The van der Waals surface area contributed by atoms with Gasteiger partial charge in [-0.3, -0.25) is 4.98 Å². The number of halogens is 3. The zero-order valence-electron chi connectivity index (χ0n) is 9.48. The van der Waals surface area contributed by atoms with Gasteiger partial charge in [-0.2, -0.15) is 13.2 Å². The van der Waals surface area contributed by atoms with Crippen LogP contribution >= 0.6 is 0 Å². The van der Waals surface area contributed by atoms with Crippen LogP contribution in [0, 0.1) is 0 Å². The van der Waals surface area contributed by atoms with Gasteiger partial charge in [0.15, 0.2) is 0 Å². The van der Waals surface area contributed by atoms with Crippen molar-refractivity contribution in [3.8, 4) is 11.3 Å². The largest absolute Gasteiger partial charge is 0.478 e. The lowest BCUT2D eigenvalue weighted by Crippen LogP contribution is -2.09. The number of rotatable bonds is 2. The number of hydrogen-bond donors (Lipinski definition) is 1. The van der Waals surface area contributed by atoms with Crippen molar-refractivity contribution in [2.24, 2.45) is 0 Å². The zero-order valence-corrected chi connectivity index (χ0v) is 9.48. The van der Waals surface area contributed by atoms with E-state index in [4.69, 9.17) is 5.11 Å². The van der Waals surface area contributed by atoms with E-state index in [9.17, 15) is 18.0 Å². The maximum absolute atomic E-state index is 12.9. The lowest BCUT2D eigenvalue weighted by atomic mass is 10.00. The summed E-state index contributed by atoms with van der Waals surface area (Å²) in [7, 11) is 0. The van der Waals surface area contributed by atoms with Crippen molar-refractivity contribution in [3.05, 3.63) is 53.7 Å². The van der Waals surface area contributed by atoms with Gasteiger partial charge >= 0.3 is 12.1 Å². The Labute approximate surface area is 106 Å². The molecule has 19 heavy (non-hydrogen) atoms. The Morgan fingerprint density at radius 3 is 2.42 bits per heavy atom. The van der Waals surface area contributed by atoms with Crippen LogP contribution in [0.5, 0.6) is 0 Å². The van der Waals surface area contributed by atoms with E-state index in [1.165, 1.54) is 36.5 Å². The van der Waals surface area contributed by atoms with Crippen molar-refractivity contribution >= 4 is 5.97 Å². The van der Waals surface area contributed by atoms with E-state index in [2.05, 4.69) is 4.98 Å². The standard InChI is InChI=1S/C13H8F3NO2/c14-13(15,16)10-6-2-1-4-8(10)11-9(12(18)19)5-3-7-17-11/h1-7H,(H,18,19). The maximum Gasteiger partial charge on any atom is 0.417 e. The van der Waals surface area contributed by atoms with Crippen LogP contribution in [0.15, 0.2) is 42.6 Å². The quantitative estimate of drug-likeness (QED) is 0.906. The molecule has 0 aliphatic heterocycles. The van der Waals surface area contributed by atoms with Crippen molar-refractivity contribution in [1.82, 2.24) is 4.98 Å². The number of carboxylic acids is 1. The highest BCUT2D eigenvalue weighted by molar-refractivity contribution is 5.95. The number of hydrogen-bond acceptors (Lipinski definition) is 2. The molecule has 1 heterocycles. The molecule has 0 atom stereocenters. The second kappa shape index (κ2) is 4.72. The van der Waals surface area contributed by atoms with Crippen molar-refractivity contribution in [2.75, 3.05) is 0 Å². The molecule has 0 saturated heterocycles. The molecular formula is C13H8F3NO2. The number of carbonyl (C=O) groups is 1. The topological polar surface area (TPSA) is 50.2 Å². The predicted molar refractivity (Wildman–Crippen MR) is 61.6 cm³/mol. The molecule has 0 fully saturated rings. The van der Waals surface area contributed by atoms with Crippen LogP contribution in [0.2, 0.25) is 0 Å². The molecular weight excluding hydrogens is 259 g/mol. The fourth-order valence-electron chi connectivity index (χ4n) is 1.73. The first-order valence-electron chi connectivity index (χ1n) is 5.26. The van der Waals surface area contributed by atoms with Crippen molar-refractivity contribution in [1.29, 1.82) is 0 Å². The Morgan fingerprint density at radius 2 is 1.79 bits per heavy atom. The summed E-state index contributed by atoms with van der Waals surface area (Å²) in [5.41, 5.74) is -1.61. The highest BCUT2D eigenvalue weighted by Gasteiger charge is 2.34. The number of aromatic carboxylic acids is 1. The van der Waals surface area contributed by atoms with Gasteiger partial charge in [-0.1, -0.05) is 18.2 Å². The summed E-state index contributed by atoms with van der Waals surface area (Å²) in [5, 5.41) is 9.00. The molecule has 0 spiro atoms. The van der Waals surface area contributed by atoms with Crippen LogP contribution in [0.4, 0.5) is 13.2 Å². The maximum atomic E-state index is 12.9. The van der Waals surface area contributed by atoms with E-state index in [-0.39, 0.29) is 16.8 Å². The summed E-state index contributed by atoms with van der Waals surface area (Å²) in [6.07, 6.45) is -3.31. The van der Waals surface area contributed by atoms with Crippen molar-refractivity contribution in [2.45, 2.75) is 6.18 Å². The number of carboxylic acid groups (broad SMARTS) is 1. The van der Waals surface area contributed by atoms with E-state index in [0.29, 0.717) is 0 Å². The molecule has 1 aromatic heterocycles. The van der Waals surface area contributed by atoms with Gasteiger partial charge in [0.2, 0.25) is 0 Å². The van der Waals surface area contributed by atoms with Crippen LogP contribution in [0.1, 0.15) is 15.9 Å². The van der Waals surface area contributed by atoms with Crippen LogP contribution in [-0.4, -0.2) is 16.1 Å². The minimum Gasteiger partial charge on any atom is -0.478 e. The Kier molecular flexibility index (Phi) is 3.25. The number of pyridine rings is 1. The Morgan fingerprint density at radius 1 is 1.11 bits per heavy atom. The molecule has 3 nitrogen and oxygen atoms in total. The summed E-state index contributed by atoms with van der Waals surface area (Å²) in [5.74, 6) is -1.32. The molecule has 0 radical (unpaired) electrons. The van der Waals surface area contributed by atoms with Crippen molar-refractivity contribution in [3.63, 3.8) is 0 Å². The molecule has 0 aliphatic carbocycles. The Bertz CT molecular complexity index is 623. The molecule has 0 bridgehead atoms. The summed E-state index contributed by atoms with van der Waals surface area (Å²) < 4.78 is 38.7. The summed E-state index contributed by atoms with van der Waals surface area (Å²) in [6.45, 7) is 0. The number of alkyl halides is 3. The fourth-order valence-corrected chi connectivity index (χ4v) is 1.73. The molecule has 0 aliphatic rings. The third-order valence-corrected chi connectivity index (χ3v) is 2.53. The highest BCUT2D eigenvalue weighted by atomic mass is 19.4. The number of aromatic nitrogens is 1. The van der Waals surface area contributed by atoms with E-state index in [1.54, 1.807) is 0 Å². The smallest absolute Gasteiger partial charge is 0.417 e. The molecule has 0 amide bonds. The molecule has 1 N–H and O–H groups in total. The first-order valence-corrected chi connectivity index (χ1v) is 5.26. The van der Waals surface area contributed by atoms with Gasteiger partial charge in [0, 0.05) is 11.8 Å². The minimum absolute atomic E-state index is 0.192. The third kappa shape index (κ3) is 2.57. The average Bonchev–Trinajstić information content (AvgIpc) is 2.37. The normalized spacial score (nSPS) is 11.3. The van der Waals surface area contributed by atoms with Gasteiger partial charge in [0.25, 0.3) is 0 Å². The average molecular weight is 267 g/mol. The number of benzene rings is 1. The first-order chi connectivity index (χ1) is 8.91. The lowest BCUT2D eigenvalue weighted by molar-refractivity contribution is -0.137. The lowest BCUT2D eigenvalue weighted by Gasteiger charge is -2.13. The second-order valence-electron chi connectivity index (χ2n) is 3.75. The summed E-state index contributed by atoms with van der Waals surface area (Å²) >= 11 is 0. The van der Waals surface area contributed by atoms with Crippen LogP contribution in [-0.2, 0) is 6.18 Å². The fraction of sp³-hybridized carbons (Fsp3) is 0.0769. The molecule has 2 aromatic rings. The van der Waals surface area contributed by atoms with Gasteiger partial charge in [0.1, 0.15) is 0 Å². The van der Waals surface area contributed by atoms with E-state index >= 15 is 0 Å². The minimum atomic E-state index is -4.57.